The van der Waals surface area contributed by atoms with Gasteiger partial charge in [-0.1, -0.05) is 6.07 Å². The normalized spacial score (nSPS) is 12.9. The third-order valence-electron chi connectivity index (χ3n) is 5.03. The Balaban J connectivity index is 1.38. The number of amides is 1. The van der Waals surface area contributed by atoms with Crippen molar-refractivity contribution in [2.45, 2.75) is 38.6 Å². The van der Waals surface area contributed by atoms with Crippen LogP contribution in [-0.2, 0) is 24.2 Å². The summed E-state index contributed by atoms with van der Waals surface area (Å²) in [6.07, 6.45) is 4.00. The van der Waals surface area contributed by atoms with E-state index in [4.69, 9.17) is 4.42 Å². The van der Waals surface area contributed by atoms with Gasteiger partial charge in [0.15, 0.2) is 5.58 Å². The van der Waals surface area contributed by atoms with Crippen LogP contribution in [0.4, 0.5) is 11.4 Å². The lowest BCUT2D eigenvalue weighted by Crippen LogP contribution is -2.17. The first kappa shape index (κ1) is 18.0. The van der Waals surface area contributed by atoms with E-state index in [1.807, 2.05) is 12.1 Å². The Morgan fingerprint density at radius 3 is 2.82 bits per heavy atom. The highest BCUT2D eigenvalue weighted by Gasteiger charge is 2.15. The topological polar surface area (TPSA) is 107 Å². The molecule has 0 atom stereocenters. The molecule has 8 nitrogen and oxygen atoms in total. The maximum Gasteiger partial charge on any atom is 0.419 e. The zero-order chi connectivity index (χ0) is 19.7. The molecular formula is C20H19N3O5. The highest BCUT2D eigenvalue weighted by molar-refractivity contribution is 5.90. The highest BCUT2D eigenvalue weighted by atomic mass is 16.6. The fraction of sp³-hybridized carbons (Fsp3) is 0.300. The Bertz CT molecular complexity index is 1130. The monoisotopic (exact) mass is 381 g/mol. The summed E-state index contributed by atoms with van der Waals surface area (Å²) in [6, 6.07) is 10.1. The summed E-state index contributed by atoms with van der Waals surface area (Å²) in [7, 11) is 0. The van der Waals surface area contributed by atoms with Gasteiger partial charge in [-0.15, -0.1) is 0 Å². The Morgan fingerprint density at radius 2 is 2.00 bits per heavy atom. The number of carbonyl (C=O) groups is 1. The third kappa shape index (κ3) is 3.53. The molecule has 1 aliphatic carbocycles. The second kappa shape index (κ2) is 7.30. The van der Waals surface area contributed by atoms with Crippen LogP contribution in [0, 0.1) is 10.1 Å². The molecule has 0 fully saturated rings. The molecule has 8 heteroatoms. The minimum absolute atomic E-state index is 0.116. The van der Waals surface area contributed by atoms with Crippen LogP contribution in [0.15, 0.2) is 45.6 Å². The molecule has 0 saturated heterocycles. The summed E-state index contributed by atoms with van der Waals surface area (Å²) >= 11 is 0. The first-order valence-corrected chi connectivity index (χ1v) is 9.21. The minimum atomic E-state index is -0.588. The molecule has 0 spiro atoms. The predicted molar refractivity (Wildman–Crippen MR) is 103 cm³/mol. The van der Waals surface area contributed by atoms with Crippen molar-refractivity contribution in [3.05, 3.63) is 68.2 Å². The average molecular weight is 381 g/mol. The van der Waals surface area contributed by atoms with E-state index in [1.54, 1.807) is 0 Å². The van der Waals surface area contributed by atoms with Crippen molar-refractivity contribution < 1.29 is 14.1 Å². The van der Waals surface area contributed by atoms with Crippen molar-refractivity contribution in [1.29, 1.82) is 0 Å². The van der Waals surface area contributed by atoms with Crippen LogP contribution in [0.3, 0.4) is 0 Å². The fourth-order valence-electron chi connectivity index (χ4n) is 3.65. The van der Waals surface area contributed by atoms with Crippen molar-refractivity contribution >= 4 is 28.4 Å². The molecule has 0 unspecified atom stereocenters. The van der Waals surface area contributed by atoms with Crippen molar-refractivity contribution in [1.82, 2.24) is 4.57 Å². The van der Waals surface area contributed by atoms with Gasteiger partial charge >= 0.3 is 5.76 Å². The smallest absolute Gasteiger partial charge is 0.407 e. The summed E-state index contributed by atoms with van der Waals surface area (Å²) in [4.78, 5) is 34.5. The predicted octanol–water partition coefficient (Wildman–Crippen LogP) is 3.41. The number of benzene rings is 2. The van der Waals surface area contributed by atoms with Crippen LogP contribution in [0.1, 0.15) is 30.4 Å². The van der Waals surface area contributed by atoms with E-state index in [1.165, 1.54) is 33.9 Å². The van der Waals surface area contributed by atoms with E-state index in [0.717, 1.165) is 24.9 Å². The lowest BCUT2D eigenvalue weighted by molar-refractivity contribution is -0.384. The Kier molecular flexibility index (Phi) is 4.68. The molecule has 1 amide bonds. The SMILES string of the molecule is O=C(CCCn1c(=O)oc2cc([N+](=O)[O-])ccc21)Nc1ccc2c(c1)CCC2. The van der Waals surface area contributed by atoms with Gasteiger partial charge in [0, 0.05) is 24.7 Å². The molecule has 1 N–H and O–H groups in total. The van der Waals surface area contributed by atoms with Gasteiger partial charge in [-0.3, -0.25) is 19.5 Å². The van der Waals surface area contributed by atoms with Crippen LogP contribution in [0.25, 0.3) is 11.1 Å². The zero-order valence-corrected chi connectivity index (χ0v) is 15.1. The molecule has 28 heavy (non-hydrogen) atoms. The first-order valence-electron chi connectivity index (χ1n) is 9.21. The number of oxazole rings is 1. The van der Waals surface area contributed by atoms with Gasteiger partial charge in [-0.2, -0.15) is 0 Å². The highest BCUT2D eigenvalue weighted by Crippen LogP contribution is 2.25. The van der Waals surface area contributed by atoms with E-state index in [0.29, 0.717) is 18.5 Å². The fourth-order valence-corrected chi connectivity index (χ4v) is 3.65. The number of nitro groups is 1. The average Bonchev–Trinajstić information content (AvgIpc) is 3.25. The summed E-state index contributed by atoms with van der Waals surface area (Å²) < 4.78 is 6.48. The second-order valence-electron chi connectivity index (χ2n) is 6.92. The standard InChI is InChI=1S/C20H19N3O5/c24-19(21-15-7-6-13-3-1-4-14(13)11-15)5-2-10-22-17-9-8-16(23(26)27)12-18(17)28-20(22)25/h6-9,11-12H,1-5,10H2,(H,21,24). The molecule has 1 aliphatic rings. The lowest BCUT2D eigenvalue weighted by Gasteiger charge is -2.08. The first-order chi connectivity index (χ1) is 13.5. The van der Waals surface area contributed by atoms with E-state index >= 15 is 0 Å². The number of aryl methyl sites for hydroxylation is 3. The third-order valence-corrected chi connectivity index (χ3v) is 5.03. The number of nitrogens with zero attached hydrogens (tertiary/aromatic N) is 2. The van der Waals surface area contributed by atoms with Gasteiger partial charge in [-0.25, -0.2) is 4.79 Å². The Labute approximate surface area is 159 Å². The maximum atomic E-state index is 12.2. The summed E-state index contributed by atoms with van der Waals surface area (Å²) in [5, 5.41) is 13.7. The lowest BCUT2D eigenvalue weighted by atomic mass is 10.1. The number of rotatable bonds is 6. The van der Waals surface area contributed by atoms with Crippen LogP contribution < -0.4 is 11.1 Å². The number of nitro benzene ring substituents is 1. The van der Waals surface area contributed by atoms with E-state index < -0.39 is 10.7 Å². The molecule has 0 saturated carbocycles. The van der Waals surface area contributed by atoms with Crippen molar-refractivity contribution in [3.8, 4) is 0 Å². The van der Waals surface area contributed by atoms with Gasteiger partial charge < -0.3 is 9.73 Å². The van der Waals surface area contributed by atoms with Crippen LogP contribution in [-0.4, -0.2) is 15.4 Å². The Hall–Kier alpha value is -3.42. The van der Waals surface area contributed by atoms with Gasteiger partial charge in [0.25, 0.3) is 5.69 Å². The number of non-ortho nitro benzene ring substituents is 1. The molecule has 3 aromatic rings. The molecule has 144 valence electrons. The number of anilines is 1. The number of carbonyl (C=O) groups excluding carboxylic acids is 1. The Morgan fingerprint density at radius 1 is 1.18 bits per heavy atom. The molecule has 2 aromatic carbocycles. The van der Waals surface area contributed by atoms with Gasteiger partial charge in [0.2, 0.25) is 5.91 Å². The zero-order valence-electron chi connectivity index (χ0n) is 15.1. The summed E-state index contributed by atoms with van der Waals surface area (Å²) in [6.45, 7) is 0.293. The summed E-state index contributed by atoms with van der Waals surface area (Å²) in [5.74, 6) is -0.705. The molecule has 4 rings (SSSR count). The number of hydrogen-bond donors (Lipinski definition) is 1. The molecular weight excluding hydrogens is 362 g/mol. The van der Waals surface area contributed by atoms with E-state index in [9.17, 15) is 19.7 Å². The van der Waals surface area contributed by atoms with Crippen molar-refractivity contribution in [2.75, 3.05) is 5.32 Å². The quantitative estimate of drug-likeness (QED) is 0.520. The molecule has 0 bridgehead atoms. The molecule has 0 aliphatic heterocycles. The van der Waals surface area contributed by atoms with E-state index in [-0.39, 0.29) is 23.6 Å². The maximum absolute atomic E-state index is 12.2. The van der Waals surface area contributed by atoms with Crippen molar-refractivity contribution in [3.63, 3.8) is 0 Å². The second-order valence-corrected chi connectivity index (χ2v) is 6.92. The largest absolute Gasteiger partial charge is 0.419 e. The molecule has 1 aromatic heterocycles. The van der Waals surface area contributed by atoms with E-state index in [2.05, 4.69) is 11.4 Å². The van der Waals surface area contributed by atoms with Gasteiger partial charge in [0.05, 0.1) is 16.5 Å². The van der Waals surface area contributed by atoms with Crippen molar-refractivity contribution in [2.24, 2.45) is 0 Å². The van der Waals surface area contributed by atoms with Gasteiger partial charge in [-0.05, 0) is 55.0 Å². The number of nitrogens with one attached hydrogen (secondary N) is 1. The summed E-state index contributed by atoms with van der Waals surface area (Å²) in [5.41, 5.74) is 3.95. The number of hydrogen-bond acceptors (Lipinski definition) is 5. The van der Waals surface area contributed by atoms with Crippen LogP contribution >= 0.6 is 0 Å². The van der Waals surface area contributed by atoms with Crippen LogP contribution in [0.2, 0.25) is 0 Å². The van der Waals surface area contributed by atoms with Gasteiger partial charge in [0.1, 0.15) is 0 Å². The molecule has 0 radical (unpaired) electrons. The number of aromatic nitrogens is 1. The molecule has 1 heterocycles. The number of fused-ring (bicyclic) bond motifs is 2. The minimum Gasteiger partial charge on any atom is -0.407 e. The van der Waals surface area contributed by atoms with Crippen LogP contribution in [0.5, 0.6) is 0 Å².